The molecular formula is C12H22N2. The summed E-state index contributed by atoms with van der Waals surface area (Å²) < 4.78 is 0. The predicted octanol–water partition coefficient (Wildman–Crippen LogP) is 2.52. The molecular weight excluding hydrogens is 172 g/mol. The monoisotopic (exact) mass is 194 g/mol. The van der Waals surface area contributed by atoms with E-state index in [1.54, 1.807) is 0 Å². The van der Waals surface area contributed by atoms with Gasteiger partial charge in [-0.2, -0.15) is 0 Å². The molecule has 1 atom stereocenters. The zero-order valence-corrected chi connectivity index (χ0v) is 9.02. The minimum Gasteiger partial charge on any atom is -0.373 e. The van der Waals surface area contributed by atoms with E-state index in [2.05, 4.69) is 16.7 Å². The topological polar surface area (TPSA) is 24.1 Å². The molecule has 0 spiro atoms. The van der Waals surface area contributed by atoms with Crippen molar-refractivity contribution >= 4 is 0 Å². The third-order valence-electron chi connectivity index (χ3n) is 3.21. The van der Waals surface area contributed by atoms with E-state index in [0.717, 1.165) is 0 Å². The Morgan fingerprint density at radius 3 is 3.00 bits per heavy atom. The Morgan fingerprint density at radius 2 is 2.14 bits per heavy atom. The largest absolute Gasteiger partial charge is 0.373 e. The molecule has 0 aromatic heterocycles. The minimum atomic E-state index is 0.549. The molecule has 0 amide bonds. The van der Waals surface area contributed by atoms with Gasteiger partial charge in [-0.3, -0.25) is 5.32 Å². The van der Waals surface area contributed by atoms with Gasteiger partial charge in [0.15, 0.2) is 0 Å². The summed E-state index contributed by atoms with van der Waals surface area (Å²) in [6.45, 7) is 1.19. The van der Waals surface area contributed by atoms with Crippen LogP contribution in [0.1, 0.15) is 51.4 Å². The second-order valence-electron chi connectivity index (χ2n) is 4.48. The average Bonchev–Trinajstić information content (AvgIpc) is 2.48. The first-order valence-corrected chi connectivity index (χ1v) is 6.14. The molecule has 1 saturated heterocycles. The summed E-state index contributed by atoms with van der Waals surface area (Å²) in [7, 11) is 0. The van der Waals surface area contributed by atoms with Gasteiger partial charge in [-0.05, 0) is 51.5 Å². The van der Waals surface area contributed by atoms with Gasteiger partial charge in [-0.25, -0.2) is 0 Å². The van der Waals surface area contributed by atoms with Crippen molar-refractivity contribution in [2.45, 2.75) is 57.5 Å². The Hall–Kier alpha value is -0.500. The molecule has 2 N–H and O–H groups in total. The van der Waals surface area contributed by atoms with E-state index in [4.69, 9.17) is 0 Å². The van der Waals surface area contributed by atoms with Crippen LogP contribution in [0.5, 0.6) is 0 Å². The van der Waals surface area contributed by atoms with Crippen LogP contribution in [-0.4, -0.2) is 12.7 Å². The fourth-order valence-electron chi connectivity index (χ4n) is 2.34. The van der Waals surface area contributed by atoms with Crippen LogP contribution >= 0.6 is 0 Å². The maximum absolute atomic E-state index is 3.65. The van der Waals surface area contributed by atoms with Crippen LogP contribution in [0.2, 0.25) is 0 Å². The number of rotatable bonds is 2. The van der Waals surface area contributed by atoms with Crippen molar-refractivity contribution in [3.8, 4) is 0 Å². The SMILES string of the molecule is C1=C(NC2CCCCN2)CCCCC1. The Bertz CT molecular complexity index is 192. The molecule has 1 aliphatic carbocycles. The number of allylic oxidation sites excluding steroid dienone is 2. The van der Waals surface area contributed by atoms with Crippen molar-refractivity contribution in [1.29, 1.82) is 0 Å². The van der Waals surface area contributed by atoms with Gasteiger partial charge in [0.25, 0.3) is 0 Å². The molecule has 2 heteroatoms. The molecule has 0 aromatic carbocycles. The Labute approximate surface area is 87.2 Å². The first-order valence-electron chi connectivity index (χ1n) is 6.14. The van der Waals surface area contributed by atoms with Crippen molar-refractivity contribution in [2.75, 3.05) is 6.54 Å². The predicted molar refractivity (Wildman–Crippen MR) is 59.9 cm³/mol. The standard InChI is InChI=1S/C12H22N2/c1-2-4-8-11(7-3-1)14-12-9-5-6-10-13-12/h7,12-14H,1-6,8-10H2. The quantitative estimate of drug-likeness (QED) is 0.706. The first kappa shape index (κ1) is 10.0. The zero-order valence-electron chi connectivity index (χ0n) is 9.02. The van der Waals surface area contributed by atoms with Gasteiger partial charge in [-0.15, -0.1) is 0 Å². The van der Waals surface area contributed by atoms with Crippen LogP contribution in [0.25, 0.3) is 0 Å². The molecule has 2 rings (SSSR count). The van der Waals surface area contributed by atoms with E-state index in [0.29, 0.717) is 6.17 Å². The fraction of sp³-hybridized carbons (Fsp3) is 0.833. The average molecular weight is 194 g/mol. The summed E-state index contributed by atoms with van der Waals surface area (Å²) in [4.78, 5) is 0. The molecule has 0 aromatic rings. The smallest absolute Gasteiger partial charge is 0.0765 e. The van der Waals surface area contributed by atoms with Gasteiger partial charge in [0.1, 0.15) is 0 Å². The number of piperidine rings is 1. The summed E-state index contributed by atoms with van der Waals surface area (Å²) in [6, 6.07) is 0. The van der Waals surface area contributed by atoms with Gasteiger partial charge in [0.05, 0.1) is 6.17 Å². The molecule has 0 saturated carbocycles. The Kier molecular flexibility index (Phi) is 3.87. The summed E-state index contributed by atoms with van der Waals surface area (Å²) in [5, 5.41) is 7.18. The van der Waals surface area contributed by atoms with Crippen LogP contribution < -0.4 is 10.6 Å². The van der Waals surface area contributed by atoms with Gasteiger partial charge in [-0.1, -0.05) is 12.5 Å². The second kappa shape index (κ2) is 5.40. The van der Waals surface area contributed by atoms with Crippen LogP contribution in [-0.2, 0) is 0 Å². The lowest BCUT2D eigenvalue weighted by Crippen LogP contribution is -2.44. The lowest BCUT2D eigenvalue weighted by atomic mass is 10.1. The highest BCUT2D eigenvalue weighted by Gasteiger charge is 2.13. The summed E-state index contributed by atoms with van der Waals surface area (Å²) >= 11 is 0. The molecule has 2 aliphatic rings. The van der Waals surface area contributed by atoms with Crippen molar-refractivity contribution in [3.63, 3.8) is 0 Å². The number of nitrogens with one attached hydrogen (secondary N) is 2. The van der Waals surface area contributed by atoms with E-state index in [-0.39, 0.29) is 0 Å². The van der Waals surface area contributed by atoms with E-state index < -0.39 is 0 Å². The van der Waals surface area contributed by atoms with Crippen molar-refractivity contribution < 1.29 is 0 Å². The maximum Gasteiger partial charge on any atom is 0.0765 e. The minimum absolute atomic E-state index is 0.549. The number of hydrogen-bond donors (Lipinski definition) is 2. The van der Waals surface area contributed by atoms with E-state index >= 15 is 0 Å². The van der Waals surface area contributed by atoms with Gasteiger partial charge < -0.3 is 5.32 Å². The molecule has 0 radical (unpaired) electrons. The highest BCUT2D eigenvalue weighted by atomic mass is 15.1. The van der Waals surface area contributed by atoms with E-state index in [9.17, 15) is 0 Å². The highest BCUT2D eigenvalue weighted by molar-refractivity contribution is 5.02. The van der Waals surface area contributed by atoms with Gasteiger partial charge in [0, 0.05) is 5.70 Å². The van der Waals surface area contributed by atoms with Gasteiger partial charge in [0.2, 0.25) is 0 Å². The normalized spacial score (nSPS) is 29.1. The van der Waals surface area contributed by atoms with Crippen LogP contribution in [0, 0.1) is 0 Å². The zero-order chi connectivity index (χ0) is 9.64. The van der Waals surface area contributed by atoms with Crippen molar-refractivity contribution in [3.05, 3.63) is 11.8 Å². The number of hydrogen-bond acceptors (Lipinski definition) is 2. The molecule has 14 heavy (non-hydrogen) atoms. The summed E-state index contributed by atoms with van der Waals surface area (Å²) in [5.74, 6) is 0. The summed E-state index contributed by atoms with van der Waals surface area (Å²) in [6.07, 6.45) is 13.6. The van der Waals surface area contributed by atoms with Crippen LogP contribution in [0.3, 0.4) is 0 Å². The molecule has 1 fully saturated rings. The van der Waals surface area contributed by atoms with Crippen LogP contribution in [0.4, 0.5) is 0 Å². The molecule has 1 unspecified atom stereocenters. The van der Waals surface area contributed by atoms with Crippen LogP contribution in [0.15, 0.2) is 11.8 Å². The third kappa shape index (κ3) is 3.02. The Balaban J connectivity index is 1.79. The highest BCUT2D eigenvalue weighted by Crippen LogP contribution is 2.16. The molecule has 80 valence electrons. The molecule has 2 nitrogen and oxygen atoms in total. The third-order valence-corrected chi connectivity index (χ3v) is 3.21. The maximum atomic E-state index is 3.65. The molecule has 1 aliphatic heterocycles. The molecule has 1 heterocycles. The lowest BCUT2D eigenvalue weighted by Gasteiger charge is -2.26. The van der Waals surface area contributed by atoms with E-state index in [1.807, 2.05) is 0 Å². The second-order valence-corrected chi connectivity index (χ2v) is 4.48. The Morgan fingerprint density at radius 1 is 1.14 bits per heavy atom. The fourth-order valence-corrected chi connectivity index (χ4v) is 2.34. The van der Waals surface area contributed by atoms with Crippen molar-refractivity contribution in [1.82, 2.24) is 10.6 Å². The van der Waals surface area contributed by atoms with Crippen molar-refractivity contribution in [2.24, 2.45) is 0 Å². The first-order chi connectivity index (χ1) is 6.95. The molecule has 0 bridgehead atoms. The lowest BCUT2D eigenvalue weighted by molar-refractivity contribution is 0.361. The van der Waals surface area contributed by atoms with E-state index in [1.165, 1.54) is 63.6 Å². The summed E-state index contributed by atoms with van der Waals surface area (Å²) in [5.41, 5.74) is 1.49. The van der Waals surface area contributed by atoms with Gasteiger partial charge >= 0.3 is 0 Å².